The number of nitrogens with one attached hydrogen (secondary N) is 2. The van der Waals surface area contributed by atoms with Gasteiger partial charge in [0.05, 0.1) is 0 Å². The standard InChI is InChI=1S/C7H16N2/c1-6-3-7(8-2)5-9-4-6/h6-9H,3-5H2,1-2H3/t6-,7+/m0/s1. The number of likely N-dealkylation sites (N-methyl/N-ethyl adjacent to an activating group) is 1. The average Bonchev–Trinajstić information content (AvgIpc) is 1.88. The van der Waals surface area contributed by atoms with Gasteiger partial charge in [-0.1, -0.05) is 6.92 Å². The molecule has 0 spiro atoms. The van der Waals surface area contributed by atoms with Gasteiger partial charge in [0.2, 0.25) is 0 Å². The van der Waals surface area contributed by atoms with E-state index in [4.69, 9.17) is 0 Å². The maximum absolute atomic E-state index is 3.37. The molecule has 1 saturated heterocycles. The van der Waals surface area contributed by atoms with Crippen LogP contribution in [0.4, 0.5) is 0 Å². The zero-order valence-corrected chi connectivity index (χ0v) is 6.28. The zero-order valence-electron chi connectivity index (χ0n) is 6.28. The summed E-state index contributed by atoms with van der Waals surface area (Å²) in [6, 6.07) is 0.703. The first-order valence-electron chi connectivity index (χ1n) is 3.71. The van der Waals surface area contributed by atoms with Crippen molar-refractivity contribution in [1.29, 1.82) is 0 Å². The third kappa shape index (κ3) is 1.95. The van der Waals surface area contributed by atoms with Crippen LogP contribution in [0.2, 0.25) is 0 Å². The SMILES string of the molecule is CN[C@H]1CNC[C@@H](C)C1. The summed E-state index contributed by atoms with van der Waals surface area (Å²) < 4.78 is 0. The summed E-state index contributed by atoms with van der Waals surface area (Å²) in [6.07, 6.45) is 1.32. The van der Waals surface area contributed by atoms with Crippen LogP contribution in [0.25, 0.3) is 0 Å². The van der Waals surface area contributed by atoms with E-state index in [1.54, 1.807) is 0 Å². The van der Waals surface area contributed by atoms with Crippen molar-refractivity contribution in [3.05, 3.63) is 0 Å². The first kappa shape index (κ1) is 7.03. The molecule has 0 saturated carbocycles. The molecule has 0 aliphatic carbocycles. The highest BCUT2D eigenvalue weighted by Gasteiger charge is 2.15. The second-order valence-electron chi connectivity index (χ2n) is 2.98. The highest BCUT2D eigenvalue weighted by molar-refractivity contribution is 4.77. The van der Waals surface area contributed by atoms with E-state index in [1.807, 2.05) is 7.05 Å². The Bertz CT molecular complexity index is 83.0. The molecule has 2 nitrogen and oxygen atoms in total. The lowest BCUT2D eigenvalue weighted by Crippen LogP contribution is -2.44. The van der Waals surface area contributed by atoms with Crippen LogP contribution in [0.5, 0.6) is 0 Å². The molecule has 0 aromatic rings. The highest BCUT2D eigenvalue weighted by atomic mass is 15.0. The van der Waals surface area contributed by atoms with Gasteiger partial charge in [0.15, 0.2) is 0 Å². The molecule has 0 aromatic heterocycles. The van der Waals surface area contributed by atoms with Crippen LogP contribution in [-0.2, 0) is 0 Å². The van der Waals surface area contributed by atoms with Crippen molar-refractivity contribution in [2.24, 2.45) is 5.92 Å². The predicted octanol–water partition coefficient (Wildman–Crippen LogP) is 0.204. The van der Waals surface area contributed by atoms with Crippen molar-refractivity contribution >= 4 is 0 Å². The molecule has 0 amide bonds. The normalized spacial score (nSPS) is 36.7. The topological polar surface area (TPSA) is 24.1 Å². The molecule has 0 aromatic carbocycles. The van der Waals surface area contributed by atoms with Gasteiger partial charge >= 0.3 is 0 Å². The Hall–Kier alpha value is -0.0800. The van der Waals surface area contributed by atoms with Gasteiger partial charge in [-0.15, -0.1) is 0 Å². The summed E-state index contributed by atoms with van der Waals surface area (Å²) in [5.74, 6) is 0.844. The highest BCUT2D eigenvalue weighted by Crippen LogP contribution is 2.07. The van der Waals surface area contributed by atoms with Gasteiger partial charge in [-0.05, 0) is 25.9 Å². The molecule has 1 fully saturated rings. The molecule has 2 N–H and O–H groups in total. The van der Waals surface area contributed by atoms with Crippen molar-refractivity contribution in [2.45, 2.75) is 19.4 Å². The quantitative estimate of drug-likeness (QED) is 0.527. The minimum absolute atomic E-state index is 0.703. The maximum atomic E-state index is 3.37. The van der Waals surface area contributed by atoms with Crippen LogP contribution in [0, 0.1) is 5.92 Å². The molecular formula is C7H16N2. The molecule has 1 aliphatic heterocycles. The van der Waals surface area contributed by atoms with Crippen molar-refractivity contribution in [2.75, 3.05) is 20.1 Å². The number of piperidine rings is 1. The summed E-state index contributed by atoms with van der Waals surface area (Å²) in [7, 11) is 2.03. The fourth-order valence-corrected chi connectivity index (χ4v) is 1.38. The van der Waals surface area contributed by atoms with Crippen molar-refractivity contribution < 1.29 is 0 Å². The van der Waals surface area contributed by atoms with Gasteiger partial charge < -0.3 is 10.6 Å². The Labute approximate surface area is 57.0 Å². The minimum atomic E-state index is 0.703. The third-order valence-electron chi connectivity index (χ3n) is 1.98. The van der Waals surface area contributed by atoms with Gasteiger partial charge in [-0.2, -0.15) is 0 Å². The van der Waals surface area contributed by atoms with Crippen LogP contribution in [0.1, 0.15) is 13.3 Å². The van der Waals surface area contributed by atoms with Crippen molar-refractivity contribution in [3.8, 4) is 0 Å². The van der Waals surface area contributed by atoms with Gasteiger partial charge in [-0.25, -0.2) is 0 Å². The summed E-state index contributed by atoms with van der Waals surface area (Å²) in [5.41, 5.74) is 0. The summed E-state index contributed by atoms with van der Waals surface area (Å²) in [5, 5.41) is 6.64. The molecule has 1 rings (SSSR count). The largest absolute Gasteiger partial charge is 0.316 e. The zero-order chi connectivity index (χ0) is 6.69. The van der Waals surface area contributed by atoms with E-state index < -0.39 is 0 Å². The molecule has 0 unspecified atom stereocenters. The molecule has 1 heterocycles. The fraction of sp³-hybridized carbons (Fsp3) is 1.00. The molecule has 0 bridgehead atoms. The second-order valence-corrected chi connectivity index (χ2v) is 2.98. The molecule has 9 heavy (non-hydrogen) atoms. The molecule has 0 radical (unpaired) electrons. The third-order valence-corrected chi connectivity index (χ3v) is 1.98. The van der Waals surface area contributed by atoms with E-state index >= 15 is 0 Å². The molecule has 2 atom stereocenters. The molecule has 54 valence electrons. The Morgan fingerprint density at radius 1 is 1.44 bits per heavy atom. The summed E-state index contributed by atoms with van der Waals surface area (Å²) >= 11 is 0. The van der Waals surface area contributed by atoms with E-state index in [0.717, 1.165) is 12.5 Å². The lowest BCUT2D eigenvalue weighted by Gasteiger charge is -2.27. The van der Waals surface area contributed by atoms with Crippen LogP contribution in [0.15, 0.2) is 0 Å². The van der Waals surface area contributed by atoms with Gasteiger partial charge in [0.1, 0.15) is 0 Å². The molecular weight excluding hydrogens is 112 g/mol. The summed E-state index contributed by atoms with van der Waals surface area (Å²) in [4.78, 5) is 0. The molecule has 1 aliphatic rings. The lowest BCUT2D eigenvalue weighted by molar-refractivity contribution is 0.333. The van der Waals surface area contributed by atoms with Crippen LogP contribution in [0.3, 0.4) is 0 Å². The maximum Gasteiger partial charge on any atom is 0.0192 e. The van der Waals surface area contributed by atoms with E-state index in [0.29, 0.717) is 6.04 Å². The fourth-order valence-electron chi connectivity index (χ4n) is 1.38. The van der Waals surface area contributed by atoms with E-state index in [1.165, 1.54) is 13.0 Å². The van der Waals surface area contributed by atoms with Crippen molar-refractivity contribution in [3.63, 3.8) is 0 Å². The van der Waals surface area contributed by atoms with Gasteiger partial charge in [-0.3, -0.25) is 0 Å². The minimum Gasteiger partial charge on any atom is -0.316 e. The van der Waals surface area contributed by atoms with Gasteiger partial charge in [0, 0.05) is 12.6 Å². The first-order chi connectivity index (χ1) is 4.33. The van der Waals surface area contributed by atoms with Crippen molar-refractivity contribution in [1.82, 2.24) is 10.6 Å². The smallest absolute Gasteiger partial charge is 0.0192 e. The monoisotopic (exact) mass is 128 g/mol. The van der Waals surface area contributed by atoms with Crippen LogP contribution >= 0.6 is 0 Å². The Morgan fingerprint density at radius 2 is 2.22 bits per heavy atom. The van der Waals surface area contributed by atoms with Crippen LogP contribution in [-0.4, -0.2) is 26.2 Å². The Kier molecular flexibility index (Phi) is 2.49. The lowest BCUT2D eigenvalue weighted by atomic mass is 9.98. The van der Waals surface area contributed by atoms with Gasteiger partial charge in [0.25, 0.3) is 0 Å². The Morgan fingerprint density at radius 3 is 2.67 bits per heavy atom. The van der Waals surface area contributed by atoms with Crippen LogP contribution < -0.4 is 10.6 Å². The number of hydrogen-bond donors (Lipinski definition) is 2. The van der Waals surface area contributed by atoms with E-state index in [-0.39, 0.29) is 0 Å². The number of rotatable bonds is 1. The Balaban J connectivity index is 2.23. The summed E-state index contributed by atoms with van der Waals surface area (Å²) in [6.45, 7) is 4.62. The molecule has 2 heteroatoms. The van der Waals surface area contributed by atoms with E-state index in [9.17, 15) is 0 Å². The van der Waals surface area contributed by atoms with E-state index in [2.05, 4.69) is 17.6 Å². The number of hydrogen-bond acceptors (Lipinski definition) is 2. The first-order valence-corrected chi connectivity index (χ1v) is 3.71. The second kappa shape index (κ2) is 3.18. The average molecular weight is 128 g/mol. The predicted molar refractivity (Wildman–Crippen MR) is 39.5 cm³/mol.